The number of ether oxygens (including phenoxy) is 5. The van der Waals surface area contributed by atoms with Crippen LogP contribution in [0.2, 0.25) is 0 Å². The van der Waals surface area contributed by atoms with Crippen LogP contribution in [0.15, 0.2) is 0 Å². The lowest BCUT2D eigenvalue weighted by Gasteiger charge is -2.45. The van der Waals surface area contributed by atoms with Crippen LogP contribution in [-0.4, -0.2) is 134 Å². The molecule has 0 radical (unpaired) electrons. The van der Waals surface area contributed by atoms with Crippen molar-refractivity contribution in [3.8, 4) is 0 Å². The quantitative estimate of drug-likeness (QED) is 0.182. The third-order valence-electron chi connectivity index (χ3n) is 5.69. The van der Waals surface area contributed by atoms with E-state index in [-0.39, 0.29) is 25.9 Å². The van der Waals surface area contributed by atoms with Crippen molar-refractivity contribution in [1.82, 2.24) is 0 Å². The minimum absolute atomic E-state index is 0.113. The van der Waals surface area contributed by atoms with E-state index in [1.165, 1.54) is 0 Å². The first-order valence-corrected chi connectivity index (χ1v) is 10.3. The third-order valence-corrected chi connectivity index (χ3v) is 5.69. The van der Waals surface area contributed by atoms with Gasteiger partial charge in [-0.15, -0.1) is 0 Å². The van der Waals surface area contributed by atoms with Gasteiger partial charge in [0.25, 0.3) is 0 Å². The van der Waals surface area contributed by atoms with Crippen LogP contribution in [0.4, 0.5) is 0 Å². The van der Waals surface area contributed by atoms with Crippen LogP contribution in [0.1, 0.15) is 19.3 Å². The molecule has 13 heteroatoms. The van der Waals surface area contributed by atoms with Gasteiger partial charge in [-0.2, -0.15) is 0 Å². The van der Waals surface area contributed by atoms with Crippen LogP contribution in [-0.2, 0) is 23.7 Å². The highest BCUT2D eigenvalue weighted by atomic mass is 16.7. The highest BCUT2D eigenvalue weighted by molar-refractivity contribution is 4.92. The molecular formula is C18H32O13. The Balaban J connectivity index is 1.62. The maximum absolute atomic E-state index is 10.6. The molecule has 13 nitrogen and oxygen atoms in total. The Morgan fingerprint density at radius 3 is 1.90 bits per heavy atom. The Morgan fingerprint density at radius 1 is 0.645 bits per heavy atom. The van der Waals surface area contributed by atoms with E-state index in [1.54, 1.807) is 0 Å². The first kappa shape index (κ1) is 25.1. The highest BCUT2D eigenvalue weighted by Crippen LogP contribution is 2.31. The van der Waals surface area contributed by atoms with E-state index in [2.05, 4.69) is 0 Å². The summed E-state index contributed by atoms with van der Waals surface area (Å²) in [5, 5.41) is 78.5. The lowest BCUT2D eigenvalue weighted by Crippen LogP contribution is -2.61. The van der Waals surface area contributed by atoms with Crippen LogP contribution >= 0.6 is 0 Å². The molecule has 3 aliphatic heterocycles. The van der Waals surface area contributed by atoms with Gasteiger partial charge in [0, 0.05) is 19.3 Å². The molecule has 0 bridgehead atoms. The zero-order chi connectivity index (χ0) is 22.7. The molecule has 3 aliphatic rings. The summed E-state index contributed by atoms with van der Waals surface area (Å²) in [6, 6.07) is 0. The molecule has 8 N–H and O–H groups in total. The van der Waals surface area contributed by atoms with E-state index < -0.39 is 87.0 Å². The fourth-order valence-corrected chi connectivity index (χ4v) is 4.06. The smallest absolute Gasteiger partial charge is 0.184 e. The average Bonchev–Trinajstić information content (AvgIpc) is 2.75. The van der Waals surface area contributed by atoms with Crippen molar-refractivity contribution in [3.05, 3.63) is 0 Å². The molecular weight excluding hydrogens is 424 g/mol. The maximum Gasteiger partial charge on any atom is 0.184 e. The first-order valence-electron chi connectivity index (χ1n) is 10.3. The van der Waals surface area contributed by atoms with Gasteiger partial charge in [0.05, 0.1) is 38.1 Å². The van der Waals surface area contributed by atoms with Crippen molar-refractivity contribution in [2.75, 3.05) is 19.8 Å². The summed E-state index contributed by atoms with van der Waals surface area (Å²) in [4.78, 5) is 0. The fourth-order valence-electron chi connectivity index (χ4n) is 4.06. The summed E-state index contributed by atoms with van der Waals surface area (Å²) in [5.41, 5.74) is 0. The second kappa shape index (κ2) is 11.1. The predicted molar refractivity (Wildman–Crippen MR) is 97.1 cm³/mol. The molecule has 3 saturated heterocycles. The molecule has 0 aromatic heterocycles. The zero-order valence-corrected chi connectivity index (χ0v) is 16.8. The van der Waals surface area contributed by atoms with Crippen LogP contribution < -0.4 is 0 Å². The molecule has 0 aliphatic carbocycles. The standard InChI is InChI=1S/C18H32O13/c19-4-8-1-7(22)2-12(27-8)30-16-9(23)3-13(28-10(16)5-20)31-17-11(6-21)29-18(26)15(25)14(17)24/h7-26H,1-6H2/t7?,8-,9-,10?,11+,12?,13?,14+,15+,16?,17?,18-/m0/s1. The van der Waals surface area contributed by atoms with Gasteiger partial charge in [0.1, 0.15) is 36.6 Å². The fraction of sp³-hybridized carbons (Fsp3) is 1.00. The van der Waals surface area contributed by atoms with E-state index in [4.69, 9.17) is 23.7 Å². The third kappa shape index (κ3) is 5.89. The van der Waals surface area contributed by atoms with E-state index in [0.717, 1.165) is 0 Å². The Labute approximate surface area is 178 Å². The molecule has 0 aromatic rings. The van der Waals surface area contributed by atoms with Crippen molar-refractivity contribution in [2.45, 2.75) is 93.1 Å². The molecule has 12 atom stereocenters. The van der Waals surface area contributed by atoms with Crippen molar-refractivity contribution in [2.24, 2.45) is 0 Å². The minimum Gasteiger partial charge on any atom is -0.394 e. The van der Waals surface area contributed by atoms with Crippen molar-refractivity contribution < 1.29 is 64.5 Å². The number of aliphatic hydroxyl groups is 8. The van der Waals surface area contributed by atoms with Gasteiger partial charge in [-0.05, 0) is 0 Å². The largest absolute Gasteiger partial charge is 0.394 e. The van der Waals surface area contributed by atoms with E-state index >= 15 is 0 Å². The monoisotopic (exact) mass is 456 g/mol. The minimum atomic E-state index is -1.71. The van der Waals surface area contributed by atoms with Gasteiger partial charge in [-0.3, -0.25) is 0 Å². The maximum atomic E-state index is 10.6. The van der Waals surface area contributed by atoms with Gasteiger partial charge in [0.15, 0.2) is 18.9 Å². The summed E-state index contributed by atoms with van der Waals surface area (Å²) in [5.74, 6) is 0. The van der Waals surface area contributed by atoms with Gasteiger partial charge < -0.3 is 64.5 Å². The summed E-state index contributed by atoms with van der Waals surface area (Å²) >= 11 is 0. The Hall–Kier alpha value is -0.520. The molecule has 6 unspecified atom stereocenters. The SMILES string of the molecule is OCC1OC(OC2[C@@H](CO)O[C@H](O)[C@H](O)[C@H]2O)C[C@H](O)C1OC1CC(O)C[C@@H](CO)O1. The van der Waals surface area contributed by atoms with Crippen LogP contribution in [0.5, 0.6) is 0 Å². The van der Waals surface area contributed by atoms with Crippen LogP contribution in [0.25, 0.3) is 0 Å². The predicted octanol–water partition coefficient (Wildman–Crippen LogP) is -4.49. The Morgan fingerprint density at radius 2 is 1.26 bits per heavy atom. The average molecular weight is 456 g/mol. The van der Waals surface area contributed by atoms with E-state index in [9.17, 15) is 40.9 Å². The Kier molecular flexibility index (Phi) is 8.97. The topological polar surface area (TPSA) is 208 Å². The van der Waals surface area contributed by atoms with Gasteiger partial charge in [-0.25, -0.2) is 0 Å². The van der Waals surface area contributed by atoms with Crippen molar-refractivity contribution in [3.63, 3.8) is 0 Å². The molecule has 3 rings (SSSR count). The van der Waals surface area contributed by atoms with E-state index in [1.807, 2.05) is 0 Å². The number of aliphatic hydroxyl groups excluding tert-OH is 8. The second-order valence-corrected chi connectivity index (χ2v) is 8.02. The van der Waals surface area contributed by atoms with Crippen LogP contribution in [0.3, 0.4) is 0 Å². The molecule has 3 heterocycles. The summed E-state index contributed by atoms with van der Waals surface area (Å²) in [6.45, 7) is -1.49. The Bertz CT molecular complexity index is 551. The first-order chi connectivity index (χ1) is 14.8. The summed E-state index contributed by atoms with van der Waals surface area (Å²) in [6.07, 6.45) is -14.0. The van der Waals surface area contributed by atoms with Gasteiger partial charge in [0.2, 0.25) is 0 Å². The second-order valence-electron chi connectivity index (χ2n) is 8.02. The van der Waals surface area contributed by atoms with Crippen LogP contribution in [0, 0.1) is 0 Å². The number of rotatable bonds is 7. The number of hydrogen-bond acceptors (Lipinski definition) is 13. The van der Waals surface area contributed by atoms with E-state index in [0.29, 0.717) is 0 Å². The molecule has 31 heavy (non-hydrogen) atoms. The molecule has 0 aromatic carbocycles. The molecule has 3 fully saturated rings. The molecule has 0 amide bonds. The molecule has 0 saturated carbocycles. The lowest BCUT2D eigenvalue weighted by molar-refractivity contribution is -0.347. The van der Waals surface area contributed by atoms with Gasteiger partial charge >= 0.3 is 0 Å². The van der Waals surface area contributed by atoms with Crippen molar-refractivity contribution >= 4 is 0 Å². The molecule has 0 spiro atoms. The summed E-state index contributed by atoms with van der Waals surface area (Å²) in [7, 11) is 0. The zero-order valence-electron chi connectivity index (χ0n) is 16.8. The summed E-state index contributed by atoms with van der Waals surface area (Å²) < 4.78 is 27.5. The highest BCUT2D eigenvalue weighted by Gasteiger charge is 2.48. The lowest BCUT2D eigenvalue weighted by atomic mass is 9.98. The number of hydrogen-bond donors (Lipinski definition) is 8. The molecule has 182 valence electrons. The van der Waals surface area contributed by atoms with Gasteiger partial charge in [-0.1, -0.05) is 0 Å². The van der Waals surface area contributed by atoms with Crippen molar-refractivity contribution in [1.29, 1.82) is 0 Å². The normalized spacial score (nSPS) is 49.2.